The number of methoxy groups -OCH3 is 1. The first kappa shape index (κ1) is 20.1. The van der Waals surface area contributed by atoms with Crippen LogP contribution in [0.4, 0.5) is 0 Å². The number of hydrogen-bond acceptors (Lipinski definition) is 3. The van der Waals surface area contributed by atoms with Gasteiger partial charge in [-0.1, -0.05) is 31.2 Å². The second-order valence-corrected chi connectivity index (χ2v) is 7.38. The molecule has 3 aromatic rings. The van der Waals surface area contributed by atoms with Crippen LogP contribution in [0.1, 0.15) is 29.7 Å². The normalized spacial score (nSPS) is 12.5. The van der Waals surface area contributed by atoms with E-state index >= 15 is 0 Å². The minimum absolute atomic E-state index is 0.286. The molecule has 0 fully saturated rings. The Kier molecular flexibility index (Phi) is 6.49. The van der Waals surface area contributed by atoms with Gasteiger partial charge < -0.3 is 19.4 Å². The summed E-state index contributed by atoms with van der Waals surface area (Å²) in [6.45, 7) is 3.71. The molecule has 1 aromatic heterocycles. The van der Waals surface area contributed by atoms with Crippen LogP contribution in [0.15, 0.2) is 57.7 Å². The Morgan fingerprint density at radius 2 is 1.93 bits per heavy atom. The highest BCUT2D eigenvalue weighted by Gasteiger charge is 2.23. The van der Waals surface area contributed by atoms with Crippen molar-refractivity contribution < 1.29 is 19.4 Å². The quantitative estimate of drug-likeness (QED) is 0.578. The first-order valence-electron chi connectivity index (χ1n) is 9.83. The summed E-state index contributed by atoms with van der Waals surface area (Å²) in [5.74, 6) is 0.917. The first-order valence-corrected chi connectivity index (χ1v) is 9.83. The number of nitrogens with two attached hydrogens (primary N) is 1. The van der Waals surface area contributed by atoms with Gasteiger partial charge in [-0.05, 0) is 30.2 Å². The molecule has 0 aliphatic heterocycles. The molecule has 1 heterocycles. The molecule has 0 saturated carbocycles. The lowest BCUT2D eigenvalue weighted by Crippen LogP contribution is -3.09. The summed E-state index contributed by atoms with van der Waals surface area (Å²) < 4.78 is 11.0. The van der Waals surface area contributed by atoms with Gasteiger partial charge >= 0.3 is 5.63 Å². The maximum absolute atomic E-state index is 12.0. The molecule has 5 nitrogen and oxygen atoms in total. The number of ether oxygens (including phenoxy) is 1. The maximum atomic E-state index is 12.0. The molecule has 28 heavy (non-hydrogen) atoms. The molecule has 0 aliphatic rings. The molecule has 5 heteroatoms. The summed E-state index contributed by atoms with van der Waals surface area (Å²) >= 11 is 0. The second kappa shape index (κ2) is 9.04. The zero-order chi connectivity index (χ0) is 20.1. The van der Waals surface area contributed by atoms with Gasteiger partial charge in [-0.2, -0.15) is 0 Å². The summed E-state index contributed by atoms with van der Waals surface area (Å²) in [6.07, 6.45) is 0.919. The van der Waals surface area contributed by atoms with Crippen LogP contribution in [0.3, 0.4) is 0 Å². The van der Waals surface area contributed by atoms with Crippen LogP contribution in [-0.4, -0.2) is 27.7 Å². The second-order valence-electron chi connectivity index (χ2n) is 7.38. The molecule has 0 spiro atoms. The van der Waals surface area contributed by atoms with Gasteiger partial charge in [0.25, 0.3) is 0 Å². The van der Waals surface area contributed by atoms with Crippen molar-refractivity contribution in [3.05, 3.63) is 75.6 Å². The number of para-hydroxylation sites is 1. The zero-order valence-electron chi connectivity index (χ0n) is 17.1. The van der Waals surface area contributed by atoms with Crippen LogP contribution in [-0.2, 0) is 13.0 Å². The van der Waals surface area contributed by atoms with E-state index in [-0.39, 0.29) is 11.7 Å². The number of aryl methyl sites for hydroxylation is 1. The third kappa shape index (κ3) is 4.43. The van der Waals surface area contributed by atoms with E-state index in [0.29, 0.717) is 5.58 Å². The van der Waals surface area contributed by atoms with Crippen LogP contribution in [0.25, 0.3) is 11.0 Å². The molecular weight excluding hydrogens is 352 g/mol. The minimum atomic E-state index is -0.288. The molecule has 1 atom stereocenters. The van der Waals surface area contributed by atoms with Gasteiger partial charge in [-0.3, -0.25) is 0 Å². The van der Waals surface area contributed by atoms with E-state index in [9.17, 15) is 4.79 Å². The molecule has 3 rings (SSSR count). The SMILES string of the molecule is CCc1ccc2c(C[NH2+]C[C@@H](c3ccccc3OC)[NH+](C)C)cc(=O)oc2c1. The average Bonchev–Trinajstić information content (AvgIpc) is 2.70. The van der Waals surface area contributed by atoms with Crippen LogP contribution >= 0.6 is 0 Å². The summed E-state index contributed by atoms with van der Waals surface area (Å²) in [5.41, 5.74) is 3.77. The van der Waals surface area contributed by atoms with Gasteiger partial charge in [-0.15, -0.1) is 0 Å². The smallest absolute Gasteiger partial charge is 0.336 e. The third-order valence-corrected chi connectivity index (χ3v) is 5.28. The lowest BCUT2D eigenvalue weighted by atomic mass is 10.0. The Hall–Kier alpha value is -2.63. The Labute approximate surface area is 165 Å². The highest BCUT2D eigenvalue weighted by Crippen LogP contribution is 2.22. The predicted octanol–water partition coefficient (Wildman–Crippen LogP) is 1.31. The van der Waals surface area contributed by atoms with E-state index in [1.807, 2.05) is 18.2 Å². The highest BCUT2D eigenvalue weighted by atomic mass is 16.5. The van der Waals surface area contributed by atoms with Gasteiger partial charge in [0.05, 0.1) is 26.8 Å². The van der Waals surface area contributed by atoms with Gasteiger partial charge in [0, 0.05) is 17.0 Å². The summed E-state index contributed by atoms with van der Waals surface area (Å²) in [5, 5.41) is 3.27. The van der Waals surface area contributed by atoms with Gasteiger partial charge in [0.1, 0.15) is 24.4 Å². The molecule has 0 aliphatic carbocycles. The Morgan fingerprint density at radius 1 is 1.14 bits per heavy atom. The molecule has 0 radical (unpaired) electrons. The van der Waals surface area contributed by atoms with Crippen molar-refractivity contribution in [1.29, 1.82) is 0 Å². The Balaban J connectivity index is 1.80. The number of fused-ring (bicyclic) bond motifs is 1. The van der Waals surface area contributed by atoms with E-state index in [1.54, 1.807) is 13.2 Å². The van der Waals surface area contributed by atoms with Crippen molar-refractivity contribution in [2.75, 3.05) is 27.7 Å². The first-order chi connectivity index (χ1) is 13.5. The fraction of sp³-hybridized carbons (Fsp3) is 0.348. The molecule has 0 amide bonds. The van der Waals surface area contributed by atoms with Crippen molar-refractivity contribution in [3.63, 3.8) is 0 Å². The molecule has 3 N–H and O–H groups in total. The Bertz CT molecular complexity index is 995. The van der Waals surface area contributed by atoms with E-state index in [1.165, 1.54) is 16.0 Å². The molecule has 148 valence electrons. The standard InChI is InChI=1S/C23H28N2O3/c1-5-16-10-11-18-17(13-23(26)28-22(18)12-16)14-24-15-20(25(2)3)19-8-6-7-9-21(19)27-4/h6-13,20,24H,5,14-15H2,1-4H3/p+2/t20-/m0/s1. The van der Waals surface area contributed by atoms with E-state index in [0.717, 1.165) is 36.2 Å². The molecule has 0 unspecified atom stereocenters. The van der Waals surface area contributed by atoms with Gasteiger partial charge in [0.15, 0.2) is 6.04 Å². The lowest BCUT2D eigenvalue weighted by Gasteiger charge is -2.22. The van der Waals surface area contributed by atoms with E-state index in [4.69, 9.17) is 9.15 Å². The van der Waals surface area contributed by atoms with Gasteiger partial charge in [0.2, 0.25) is 0 Å². The van der Waals surface area contributed by atoms with Crippen molar-refractivity contribution in [2.24, 2.45) is 0 Å². The highest BCUT2D eigenvalue weighted by molar-refractivity contribution is 5.80. The fourth-order valence-electron chi connectivity index (χ4n) is 3.70. The number of likely N-dealkylation sites (N-methyl/N-ethyl adjacent to an activating group) is 1. The monoisotopic (exact) mass is 382 g/mol. The van der Waals surface area contributed by atoms with E-state index in [2.05, 4.69) is 50.6 Å². The average molecular weight is 383 g/mol. The predicted molar refractivity (Wildman–Crippen MR) is 111 cm³/mol. The van der Waals surface area contributed by atoms with Crippen LogP contribution in [0.2, 0.25) is 0 Å². The fourth-order valence-corrected chi connectivity index (χ4v) is 3.70. The number of rotatable bonds is 8. The van der Waals surface area contributed by atoms with Crippen LogP contribution in [0, 0.1) is 0 Å². The largest absolute Gasteiger partial charge is 0.496 e. The maximum Gasteiger partial charge on any atom is 0.336 e. The van der Waals surface area contributed by atoms with Crippen molar-refractivity contribution in [3.8, 4) is 5.75 Å². The van der Waals surface area contributed by atoms with Crippen molar-refractivity contribution in [2.45, 2.75) is 25.9 Å². The molecule has 2 aromatic carbocycles. The molecule has 0 bridgehead atoms. The van der Waals surface area contributed by atoms with Crippen LogP contribution in [0.5, 0.6) is 5.75 Å². The van der Waals surface area contributed by atoms with Gasteiger partial charge in [-0.25, -0.2) is 4.79 Å². The van der Waals surface area contributed by atoms with Crippen molar-refractivity contribution in [1.82, 2.24) is 0 Å². The zero-order valence-corrected chi connectivity index (χ0v) is 17.1. The number of hydrogen-bond donors (Lipinski definition) is 2. The van der Waals surface area contributed by atoms with E-state index < -0.39 is 0 Å². The number of benzene rings is 2. The molecular formula is C23H30N2O3+2. The topological polar surface area (TPSA) is 60.5 Å². The third-order valence-electron chi connectivity index (χ3n) is 5.28. The number of quaternary nitrogens is 2. The lowest BCUT2D eigenvalue weighted by molar-refractivity contribution is -0.910. The van der Waals surface area contributed by atoms with Crippen LogP contribution < -0.4 is 20.6 Å². The number of nitrogens with one attached hydrogen (secondary N) is 1. The summed E-state index contributed by atoms with van der Waals surface area (Å²) in [7, 11) is 6.03. The Morgan fingerprint density at radius 3 is 2.64 bits per heavy atom. The van der Waals surface area contributed by atoms with Crippen molar-refractivity contribution >= 4 is 11.0 Å². The summed E-state index contributed by atoms with van der Waals surface area (Å²) in [4.78, 5) is 13.4. The summed E-state index contributed by atoms with van der Waals surface area (Å²) in [6, 6.07) is 16.2. The minimum Gasteiger partial charge on any atom is -0.496 e. The molecule has 0 saturated heterocycles.